The van der Waals surface area contributed by atoms with Crippen molar-refractivity contribution in [2.45, 2.75) is 39.0 Å². The van der Waals surface area contributed by atoms with E-state index in [-0.39, 0.29) is 6.10 Å². The number of halogens is 3. The molecule has 0 radical (unpaired) electrons. The normalized spacial score (nSPS) is 23.9. The highest BCUT2D eigenvalue weighted by atomic mass is 19.4. The zero-order valence-electron chi connectivity index (χ0n) is 10.4. The van der Waals surface area contributed by atoms with Crippen LogP contribution in [0, 0.1) is 11.8 Å². The molecule has 1 saturated carbocycles. The summed E-state index contributed by atoms with van der Waals surface area (Å²) in [5.41, 5.74) is -0.886. The van der Waals surface area contributed by atoms with Gasteiger partial charge in [0.2, 0.25) is 0 Å². The second kappa shape index (κ2) is 4.78. The Bertz CT molecular complexity index is 394. The number of hydrogen-bond donors (Lipinski definition) is 0. The average Bonchev–Trinajstić information content (AvgIpc) is 2.21. The highest BCUT2D eigenvalue weighted by Gasteiger charge is 2.34. The van der Waals surface area contributed by atoms with Crippen molar-refractivity contribution in [1.29, 1.82) is 0 Å². The molecule has 1 aliphatic rings. The number of ether oxygens (including phenoxy) is 1. The van der Waals surface area contributed by atoms with Gasteiger partial charge in [0.25, 0.3) is 0 Å². The fourth-order valence-corrected chi connectivity index (χ4v) is 2.06. The first-order valence-corrected chi connectivity index (χ1v) is 6.06. The Morgan fingerprint density at radius 1 is 1.28 bits per heavy atom. The standard InChI is InChI=1S/C13H16F3NO/c1-8(2)9-5-11(6-9)18-10-3-4-12(17-7-10)13(14,15)16/h3-4,7-9,11H,5-6H2,1-2H3. The van der Waals surface area contributed by atoms with Gasteiger partial charge in [0.05, 0.1) is 12.3 Å². The van der Waals surface area contributed by atoms with Crippen LogP contribution in [0.2, 0.25) is 0 Å². The lowest BCUT2D eigenvalue weighted by molar-refractivity contribution is -0.141. The summed E-state index contributed by atoms with van der Waals surface area (Å²) >= 11 is 0. The second-order valence-corrected chi connectivity index (χ2v) is 5.09. The predicted molar refractivity (Wildman–Crippen MR) is 61.2 cm³/mol. The van der Waals surface area contributed by atoms with Crippen LogP contribution in [0.5, 0.6) is 5.75 Å². The van der Waals surface area contributed by atoms with E-state index in [9.17, 15) is 13.2 Å². The summed E-state index contributed by atoms with van der Waals surface area (Å²) in [5.74, 6) is 1.71. The Kier molecular flexibility index (Phi) is 3.50. The van der Waals surface area contributed by atoms with Gasteiger partial charge in [0.1, 0.15) is 11.4 Å². The minimum Gasteiger partial charge on any atom is -0.489 e. The molecule has 0 spiro atoms. The van der Waals surface area contributed by atoms with Crippen molar-refractivity contribution < 1.29 is 17.9 Å². The van der Waals surface area contributed by atoms with Crippen LogP contribution in [0.3, 0.4) is 0 Å². The van der Waals surface area contributed by atoms with Crippen molar-refractivity contribution >= 4 is 0 Å². The van der Waals surface area contributed by atoms with E-state index in [4.69, 9.17) is 4.74 Å². The number of alkyl halides is 3. The molecule has 0 bridgehead atoms. The summed E-state index contributed by atoms with van der Waals surface area (Å²) in [4.78, 5) is 3.37. The Balaban J connectivity index is 1.89. The molecule has 18 heavy (non-hydrogen) atoms. The molecule has 1 aliphatic carbocycles. The van der Waals surface area contributed by atoms with E-state index < -0.39 is 11.9 Å². The summed E-state index contributed by atoms with van der Waals surface area (Å²) in [6.45, 7) is 4.33. The molecule has 0 amide bonds. The average molecular weight is 259 g/mol. The summed E-state index contributed by atoms with van der Waals surface area (Å²) in [5, 5.41) is 0. The molecule has 1 heterocycles. The van der Waals surface area contributed by atoms with Crippen LogP contribution >= 0.6 is 0 Å². The van der Waals surface area contributed by atoms with E-state index in [0.717, 1.165) is 25.1 Å². The molecule has 2 rings (SSSR count). The molecule has 1 fully saturated rings. The van der Waals surface area contributed by atoms with Gasteiger partial charge in [-0.15, -0.1) is 0 Å². The van der Waals surface area contributed by atoms with Crippen molar-refractivity contribution in [2.75, 3.05) is 0 Å². The van der Waals surface area contributed by atoms with E-state index in [1.54, 1.807) is 0 Å². The topological polar surface area (TPSA) is 22.1 Å². The molecule has 0 atom stereocenters. The first kappa shape index (κ1) is 13.2. The lowest BCUT2D eigenvalue weighted by atomic mass is 9.75. The number of nitrogens with zero attached hydrogens (tertiary/aromatic N) is 1. The van der Waals surface area contributed by atoms with Crippen LogP contribution in [0.15, 0.2) is 18.3 Å². The van der Waals surface area contributed by atoms with Crippen LogP contribution in [0.1, 0.15) is 32.4 Å². The van der Waals surface area contributed by atoms with Crippen LogP contribution in [0.4, 0.5) is 13.2 Å². The molecule has 0 N–H and O–H groups in total. The molecule has 5 heteroatoms. The molecule has 100 valence electrons. The van der Waals surface area contributed by atoms with E-state index in [2.05, 4.69) is 18.8 Å². The van der Waals surface area contributed by atoms with Gasteiger partial charge in [-0.1, -0.05) is 13.8 Å². The smallest absolute Gasteiger partial charge is 0.433 e. The van der Waals surface area contributed by atoms with Gasteiger partial charge >= 0.3 is 6.18 Å². The predicted octanol–water partition coefficient (Wildman–Crippen LogP) is 3.91. The van der Waals surface area contributed by atoms with Gasteiger partial charge in [-0.2, -0.15) is 13.2 Å². The third-order valence-corrected chi connectivity index (χ3v) is 3.40. The van der Waals surface area contributed by atoms with E-state index >= 15 is 0 Å². The highest BCUT2D eigenvalue weighted by Crippen LogP contribution is 2.36. The number of aromatic nitrogens is 1. The zero-order valence-corrected chi connectivity index (χ0v) is 10.4. The van der Waals surface area contributed by atoms with Gasteiger partial charge < -0.3 is 4.74 Å². The molecule has 0 aromatic carbocycles. The Morgan fingerprint density at radius 3 is 2.39 bits per heavy atom. The van der Waals surface area contributed by atoms with Crippen LogP contribution < -0.4 is 4.74 Å². The number of hydrogen-bond acceptors (Lipinski definition) is 2. The van der Waals surface area contributed by atoms with Crippen molar-refractivity contribution in [1.82, 2.24) is 4.98 Å². The molecule has 1 aromatic rings. The summed E-state index contributed by atoms with van der Waals surface area (Å²) in [7, 11) is 0. The maximum absolute atomic E-state index is 12.3. The fraction of sp³-hybridized carbons (Fsp3) is 0.615. The SMILES string of the molecule is CC(C)C1CC(Oc2ccc(C(F)(F)F)nc2)C1. The first-order chi connectivity index (χ1) is 8.36. The second-order valence-electron chi connectivity index (χ2n) is 5.09. The van der Waals surface area contributed by atoms with E-state index in [1.807, 2.05) is 0 Å². The van der Waals surface area contributed by atoms with Gasteiger partial charge in [0, 0.05) is 0 Å². The maximum Gasteiger partial charge on any atom is 0.433 e. The molecule has 1 aromatic heterocycles. The van der Waals surface area contributed by atoms with Crippen molar-refractivity contribution in [3.05, 3.63) is 24.0 Å². The summed E-state index contributed by atoms with van der Waals surface area (Å²) < 4.78 is 42.5. The Labute approximate surface area is 104 Å². The number of pyridine rings is 1. The zero-order chi connectivity index (χ0) is 13.3. The summed E-state index contributed by atoms with van der Waals surface area (Å²) in [6.07, 6.45) is -1.18. The molecule has 2 nitrogen and oxygen atoms in total. The third kappa shape index (κ3) is 2.94. The highest BCUT2D eigenvalue weighted by molar-refractivity contribution is 5.21. The minimum atomic E-state index is -4.39. The largest absolute Gasteiger partial charge is 0.489 e. The lowest BCUT2D eigenvalue weighted by Gasteiger charge is -2.37. The maximum atomic E-state index is 12.3. The third-order valence-electron chi connectivity index (χ3n) is 3.40. The molecular formula is C13H16F3NO. The molecular weight excluding hydrogens is 243 g/mol. The minimum absolute atomic E-state index is 0.121. The van der Waals surface area contributed by atoms with E-state index in [0.29, 0.717) is 17.6 Å². The number of rotatable bonds is 3. The van der Waals surface area contributed by atoms with Crippen molar-refractivity contribution in [2.24, 2.45) is 11.8 Å². The fourth-order valence-electron chi connectivity index (χ4n) is 2.06. The van der Waals surface area contributed by atoms with Crippen molar-refractivity contribution in [3.63, 3.8) is 0 Å². The van der Waals surface area contributed by atoms with Gasteiger partial charge in [-0.25, -0.2) is 4.98 Å². The van der Waals surface area contributed by atoms with E-state index in [1.165, 1.54) is 6.07 Å². The Morgan fingerprint density at radius 2 is 1.94 bits per heavy atom. The first-order valence-electron chi connectivity index (χ1n) is 6.06. The van der Waals surface area contributed by atoms with Crippen LogP contribution in [0.25, 0.3) is 0 Å². The van der Waals surface area contributed by atoms with Gasteiger partial charge in [-0.3, -0.25) is 0 Å². The van der Waals surface area contributed by atoms with Gasteiger partial charge in [-0.05, 0) is 36.8 Å². The summed E-state index contributed by atoms with van der Waals surface area (Å²) in [6, 6.07) is 2.28. The van der Waals surface area contributed by atoms with Crippen LogP contribution in [-0.2, 0) is 6.18 Å². The lowest BCUT2D eigenvalue weighted by Crippen LogP contribution is -2.36. The molecule has 0 unspecified atom stereocenters. The molecule has 0 aliphatic heterocycles. The van der Waals surface area contributed by atoms with Crippen molar-refractivity contribution in [3.8, 4) is 5.75 Å². The van der Waals surface area contributed by atoms with Gasteiger partial charge in [0.15, 0.2) is 0 Å². The monoisotopic (exact) mass is 259 g/mol. The quantitative estimate of drug-likeness (QED) is 0.821. The molecule has 0 saturated heterocycles. The Hall–Kier alpha value is -1.26. The van der Waals surface area contributed by atoms with Crippen LogP contribution in [-0.4, -0.2) is 11.1 Å².